The first-order valence-corrected chi connectivity index (χ1v) is 11.8. The fourth-order valence-corrected chi connectivity index (χ4v) is 3.83. The zero-order valence-electron chi connectivity index (χ0n) is 20.6. The highest BCUT2D eigenvalue weighted by molar-refractivity contribution is 5.95. The summed E-state index contributed by atoms with van der Waals surface area (Å²) in [6, 6.07) is 17.2. The largest absolute Gasteiger partial charge is 0.486 e. The van der Waals surface area contributed by atoms with Crippen LogP contribution in [0.3, 0.4) is 0 Å². The standard InChI is InChI=1S/C28H23F4N3O4/c1-17(19-10-7-11-20(25(19)30)28(31,32)16-36)33-27(38)26-23(39-15-18-8-3-2-4-9-18)14-24(37)35(34-26)22-13-6-5-12-21(22)29/h2-14,17,36H,15-16H2,1H3,(H,33,38). The summed E-state index contributed by atoms with van der Waals surface area (Å²) in [7, 11) is 0. The van der Waals surface area contributed by atoms with Crippen molar-refractivity contribution in [2.45, 2.75) is 25.5 Å². The molecule has 0 radical (unpaired) electrons. The van der Waals surface area contributed by atoms with Crippen LogP contribution in [0.2, 0.25) is 0 Å². The minimum atomic E-state index is -3.83. The Morgan fingerprint density at radius 2 is 1.74 bits per heavy atom. The number of nitrogens with one attached hydrogen (secondary N) is 1. The van der Waals surface area contributed by atoms with Gasteiger partial charge < -0.3 is 15.2 Å². The average Bonchev–Trinajstić information content (AvgIpc) is 2.93. The Morgan fingerprint density at radius 1 is 1.05 bits per heavy atom. The smallest absolute Gasteiger partial charge is 0.298 e. The summed E-state index contributed by atoms with van der Waals surface area (Å²) in [6.45, 7) is -0.277. The lowest BCUT2D eigenvalue weighted by Crippen LogP contribution is -2.32. The molecule has 1 amide bonds. The summed E-state index contributed by atoms with van der Waals surface area (Å²) in [5.41, 5.74) is -2.00. The van der Waals surface area contributed by atoms with Crippen LogP contribution >= 0.6 is 0 Å². The number of halogens is 4. The Kier molecular flexibility index (Phi) is 8.10. The third-order valence-corrected chi connectivity index (χ3v) is 5.86. The normalized spacial score (nSPS) is 12.2. The van der Waals surface area contributed by atoms with E-state index in [0.29, 0.717) is 4.68 Å². The Bertz CT molecular complexity index is 1540. The molecule has 7 nitrogen and oxygen atoms in total. The number of carbonyl (C=O) groups excluding carboxylic acids is 1. The van der Waals surface area contributed by atoms with Crippen LogP contribution in [-0.4, -0.2) is 27.4 Å². The van der Waals surface area contributed by atoms with E-state index in [9.17, 15) is 27.2 Å². The molecule has 0 aliphatic carbocycles. The number of hydrogen-bond acceptors (Lipinski definition) is 5. The summed E-state index contributed by atoms with van der Waals surface area (Å²) in [6.07, 6.45) is 0. The maximum atomic E-state index is 15.0. The van der Waals surface area contributed by atoms with E-state index in [1.807, 2.05) is 0 Å². The van der Waals surface area contributed by atoms with Crippen molar-refractivity contribution in [3.8, 4) is 11.4 Å². The lowest BCUT2D eigenvalue weighted by atomic mass is 10.00. The van der Waals surface area contributed by atoms with Gasteiger partial charge in [-0.3, -0.25) is 9.59 Å². The number of aromatic nitrogens is 2. The molecule has 1 unspecified atom stereocenters. The predicted molar refractivity (Wildman–Crippen MR) is 134 cm³/mol. The van der Waals surface area contributed by atoms with Crippen molar-refractivity contribution in [3.63, 3.8) is 0 Å². The third kappa shape index (κ3) is 5.99. The summed E-state index contributed by atoms with van der Waals surface area (Å²) >= 11 is 0. The number of benzene rings is 3. The molecule has 202 valence electrons. The first kappa shape index (κ1) is 27.5. The SMILES string of the molecule is CC(NC(=O)c1nn(-c2ccccc2F)c(=O)cc1OCc1ccccc1)c1cccc(C(F)(F)CO)c1F. The van der Waals surface area contributed by atoms with Gasteiger partial charge in [-0.15, -0.1) is 0 Å². The quantitative estimate of drug-likeness (QED) is 0.301. The van der Waals surface area contributed by atoms with E-state index in [1.165, 1.54) is 37.3 Å². The van der Waals surface area contributed by atoms with Crippen LogP contribution in [0.25, 0.3) is 5.69 Å². The Morgan fingerprint density at radius 3 is 2.44 bits per heavy atom. The molecule has 2 N–H and O–H groups in total. The average molecular weight is 542 g/mol. The van der Waals surface area contributed by atoms with E-state index in [4.69, 9.17) is 9.84 Å². The van der Waals surface area contributed by atoms with Crippen LogP contribution in [0.4, 0.5) is 17.6 Å². The van der Waals surface area contributed by atoms with Crippen molar-refractivity contribution in [1.82, 2.24) is 15.1 Å². The zero-order chi connectivity index (χ0) is 28.2. The second-order valence-electron chi connectivity index (χ2n) is 8.60. The molecule has 0 aliphatic rings. The molecule has 39 heavy (non-hydrogen) atoms. The minimum absolute atomic E-state index is 0.0333. The molecule has 0 fully saturated rings. The van der Waals surface area contributed by atoms with Gasteiger partial charge in [-0.05, 0) is 30.7 Å². The summed E-state index contributed by atoms with van der Waals surface area (Å²) in [4.78, 5) is 26.1. The van der Waals surface area contributed by atoms with Crippen LogP contribution in [0.5, 0.6) is 5.75 Å². The summed E-state index contributed by atoms with van der Waals surface area (Å²) in [5, 5.41) is 15.5. The second-order valence-corrected chi connectivity index (χ2v) is 8.60. The number of para-hydroxylation sites is 1. The molecule has 0 saturated heterocycles. The molecule has 1 atom stereocenters. The van der Waals surface area contributed by atoms with Crippen LogP contribution in [0.1, 0.15) is 40.1 Å². The van der Waals surface area contributed by atoms with Crippen LogP contribution in [0.15, 0.2) is 83.7 Å². The number of rotatable bonds is 9. The van der Waals surface area contributed by atoms with Gasteiger partial charge >= 0.3 is 0 Å². The number of carbonyl (C=O) groups is 1. The molecule has 3 aromatic carbocycles. The topological polar surface area (TPSA) is 93.5 Å². The van der Waals surface area contributed by atoms with Crippen molar-refractivity contribution >= 4 is 5.91 Å². The maximum Gasteiger partial charge on any atom is 0.298 e. The molecular weight excluding hydrogens is 518 g/mol. The number of ether oxygens (including phenoxy) is 1. The molecule has 0 bridgehead atoms. The van der Waals surface area contributed by atoms with Crippen molar-refractivity contribution in [3.05, 3.63) is 123 Å². The van der Waals surface area contributed by atoms with E-state index in [2.05, 4.69) is 10.4 Å². The van der Waals surface area contributed by atoms with Gasteiger partial charge in [-0.1, -0.05) is 54.6 Å². The van der Waals surface area contributed by atoms with Gasteiger partial charge in [-0.2, -0.15) is 18.6 Å². The van der Waals surface area contributed by atoms with Crippen LogP contribution < -0.4 is 15.6 Å². The lowest BCUT2D eigenvalue weighted by molar-refractivity contribution is -0.0584. The molecule has 1 heterocycles. The van der Waals surface area contributed by atoms with Gasteiger partial charge in [0.25, 0.3) is 17.4 Å². The first-order chi connectivity index (χ1) is 18.6. The second kappa shape index (κ2) is 11.5. The number of amides is 1. The van der Waals surface area contributed by atoms with Crippen molar-refractivity contribution in [2.24, 2.45) is 0 Å². The fraction of sp³-hybridized carbons (Fsp3) is 0.179. The molecule has 4 aromatic rings. The lowest BCUT2D eigenvalue weighted by Gasteiger charge is -2.20. The summed E-state index contributed by atoms with van der Waals surface area (Å²) in [5.74, 6) is -7.06. The monoisotopic (exact) mass is 541 g/mol. The fourth-order valence-electron chi connectivity index (χ4n) is 3.83. The molecule has 0 spiro atoms. The first-order valence-electron chi connectivity index (χ1n) is 11.8. The van der Waals surface area contributed by atoms with E-state index in [0.717, 1.165) is 23.8 Å². The van der Waals surface area contributed by atoms with Gasteiger partial charge in [-0.25, -0.2) is 8.78 Å². The molecule has 0 aliphatic heterocycles. The van der Waals surface area contributed by atoms with Gasteiger partial charge in [0.1, 0.15) is 30.5 Å². The number of nitrogens with zero attached hydrogens (tertiary/aromatic N) is 2. The molecule has 4 rings (SSSR count). The van der Waals surface area contributed by atoms with E-state index >= 15 is 0 Å². The highest BCUT2D eigenvalue weighted by Gasteiger charge is 2.35. The van der Waals surface area contributed by atoms with Gasteiger partial charge in [0, 0.05) is 5.56 Å². The highest BCUT2D eigenvalue weighted by Crippen LogP contribution is 2.32. The number of hydrogen-bond donors (Lipinski definition) is 2. The highest BCUT2D eigenvalue weighted by atomic mass is 19.3. The number of alkyl halides is 2. The maximum absolute atomic E-state index is 15.0. The number of aliphatic hydroxyl groups is 1. The Labute approximate surface area is 220 Å². The van der Waals surface area contributed by atoms with Crippen LogP contribution in [0, 0.1) is 11.6 Å². The van der Waals surface area contributed by atoms with Gasteiger partial charge in [0.2, 0.25) is 0 Å². The van der Waals surface area contributed by atoms with E-state index in [-0.39, 0.29) is 23.6 Å². The third-order valence-electron chi connectivity index (χ3n) is 5.86. The minimum Gasteiger partial charge on any atom is -0.486 e. The van der Waals surface area contributed by atoms with Crippen molar-refractivity contribution in [2.75, 3.05) is 6.61 Å². The van der Waals surface area contributed by atoms with E-state index < -0.39 is 52.9 Å². The predicted octanol–water partition coefficient (Wildman–Crippen LogP) is 4.66. The Balaban J connectivity index is 1.71. The molecule has 1 aromatic heterocycles. The number of aliphatic hydroxyl groups excluding tert-OH is 1. The van der Waals surface area contributed by atoms with E-state index in [1.54, 1.807) is 30.3 Å². The van der Waals surface area contributed by atoms with Crippen LogP contribution in [-0.2, 0) is 12.5 Å². The Hall–Kier alpha value is -4.51. The molecular formula is C28H23F4N3O4. The molecule has 11 heteroatoms. The zero-order valence-corrected chi connectivity index (χ0v) is 20.6. The molecule has 0 saturated carbocycles. The van der Waals surface area contributed by atoms with Crippen molar-refractivity contribution < 1.29 is 32.2 Å². The summed E-state index contributed by atoms with van der Waals surface area (Å²) < 4.78 is 63.8. The van der Waals surface area contributed by atoms with Gasteiger partial charge in [0.05, 0.1) is 17.7 Å². The van der Waals surface area contributed by atoms with Crippen molar-refractivity contribution in [1.29, 1.82) is 0 Å². The van der Waals surface area contributed by atoms with Gasteiger partial charge in [0.15, 0.2) is 11.4 Å².